The van der Waals surface area contributed by atoms with E-state index in [2.05, 4.69) is 15.3 Å². The van der Waals surface area contributed by atoms with Gasteiger partial charge in [-0.15, -0.1) is 0 Å². The lowest BCUT2D eigenvalue weighted by Crippen LogP contribution is -2.05. The Morgan fingerprint density at radius 1 is 1.35 bits per heavy atom. The van der Waals surface area contributed by atoms with Gasteiger partial charge >= 0.3 is 0 Å². The van der Waals surface area contributed by atoms with Gasteiger partial charge in [-0.1, -0.05) is 18.2 Å². The van der Waals surface area contributed by atoms with Crippen molar-refractivity contribution < 1.29 is 4.74 Å². The van der Waals surface area contributed by atoms with Crippen molar-refractivity contribution in [2.24, 2.45) is 5.10 Å². The Balaban J connectivity index is 1.80. The van der Waals surface area contributed by atoms with Crippen molar-refractivity contribution in [2.45, 2.75) is 20.5 Å². The van der Waals surface area contributed by atoms with Gasteiger partial charge in [0.25, 0.3) is 0 Å². The molecule has 0 fully saturated rings. The van der Waals surface area contributed by atoms with Crippen molar-refractivity contribution in [1.82, 2.24) is 14.9 Å². The van der Waals surface area contributed by atoms with Crippen molar-refractivity contribution in [2.75, 3.05) is 0 Å². The number of H-pyrrole nitrogens is 1. The molecule has 3 rings (SSSR count). The van der Waals surface area contributed by atoms with Crippen LogP contribution in [0.25, 0.3) is 0 Å². The Labute approximate surface area is 143 Å². The van der Waals surface area contributed by atoms with E-state index in [-0.39, 0.29) is 0 Å². The summed E-state index contributed by atoms with van der Waals surface area (Å²) in [5.41, 5.74) is 3.21. The zero-order chi connectivity index (χ0) is 16.2. The van der Waals surface area contributed by atoms with Crippen molar-refractivity contribution in [1.29, 1.82) is 0 Å². The quantitative estimate of drug-likeness (QED) is 0.560. The molecule has 0 saturated heterocycles. The van der Waals surface area contributed by atoms with Gasteiger partial charge in [0, 0.05) is 5.56 Å². The molecule has 0 aliphatic carbocycles. The van der Waals surface area contributed by atoms with Crippen LogP contribution in [0.2, 0.25) is 0 Å². The molecular formula is C16H16N4OS2. The minimum Gasteiger partial charge on any atom is -0.485 e. The zero-order valence-corrected chi connectivity index (χ0v) is 14.4. The summed E-state index contributed by atoms with van der Waals surface area (Å²) >= 11 is 6.85. The number of ether oxygens (including phenoxy) is 1. The fourth-order valence-electron chi connectivity index (χ4n) is 2.17. The van der Waals surface area contributed by atoms with Crippen molar-refractivity contribution in [3.05, 3.63) is 62.3 Å². The van der Waals surface area contributed by atoms with Crippen LogP contribution in [-0.2, 0) is 6.61 Å². The molecule has 2 aromatic heterocycles. The van der Waals surface area contributed by atoms with Crippen molar-refractivity contribution in [3.63, 3.8) is 0 Å². The first-order valence-corrected chi connectivity index (χ1v) is 8.42. The van der Waals surface area contributed by atoms with E-state index in [1.54, 1.807) is 22.2 Å². The summed E-state index contributed by atoms with van der Waals surface area (Å²) in [4.78, 5) is 0. The average molecular weight is 344 g/mol. The van der Waals surface area contributed by atoms with Gasteiger partial charge in [-0.2, -0.15) is 26.2 Å². The number of aromatic amines is 1. The van der Waals surface area contributed by atoms with Crippen LogP contribution < -0.4 is 4.74 Å². The second-order valence-corrected chi connectivity index (χ2v) is 6.23. The monoisotopic (exact) mass is 344 g/mol. The topological polar surface area (TPSA) is 55.2 Å². The fraction of sp³-hybridized carbons (Fsp3) is 0.188. The Kier molecular flexibility index (Phi) is 4.68. The third-order valence-electron chi connectivity index (χ3n) is 3.34. The average Bonchev–Trinajstić information content (AvgIpc) is 3.15. The molecule has 0 atom stereocenters. The second-order valence-electron chi connectivity index (χ2n) is 5.07. The lowest BCUT2D eigenvalue weighted by molar-refractivity contribution is 0.287. The van der Waals surface area contributed by atoms with E-state index in [1.165, 1.54) is 0 Å². The highest BCUT2D eigenvalue weighted by Gasteiger charge is 2.09. The predicted octanol–water partition coefficient (Wildman–Crippen LogP) is 4.08. The first-order valence-electron chi connectivity index (χ1n) is 7.07. The molecule has 0 unspecified atom stereocenters. The summed E-state index contributed by atoms with van der Waals surface area (Å²) in [7, 11) is 0. The van der Waals surface area contributed by atoms with E-state index < -0.39 is 0 Å². The molecule has 0 bridgehead atoms. The molecule has 5 nitrogen and oxygen atoms in total. The number of thiophene rings is 1. The third-order valence-corrected chi connectivity index (χ3v) is 4.30. The number of nitrogens with one attached hydrogen (secondary N) is 1. The van der Waals surface area contributed by atoms with E-state index >= 15 is 0 Å². The Hall–Kier alpha value is -2.25. The molecule has 0 aliphatic heterocycles. The minimum atomic E-state index is 0.291. The summed E-state index contributed by atoms with van der Waals surface area (Å²) in [6.45, 7) is 4.34. The standard InChI is InChI=1S/C16H16N4OS2/c1-11-4-3-5-12(2)15(11)21-9-14-18-19-16(22)20(14)17-8-13-6-7-23-10-13/h3-8,10H,9H2,1-2H3,(H,19,22)/b17-8-. The summed E-state index contributed by atoms with van der Waals surface area (Å²) in [6, 6.07) is 8.05. The van der Waals surface area contributed by atoms with Gasteiger partial charge in [0.2, 0.25) is 4.77 Å². The van der Waals surface area contributed by atoms with Crippen molar-refractivity contribution in [3.8, 4) is 5.75 Å². The number of hydrogen-bond acceptors (Lipinski definition) is 5. The van der Waals surface area contributed by atoms with E-state index in [0.717, 1.165) is 22.4 Å². The molecular weight excluding hydrogens is 328 g/mol. The fourth-order valence-corrected chi connectivity index (χ4v) is 2.98. The van der Waals surface area contributed by atoms with Gasteiger partial charge in [0.1, 0.15) is 12.4 Å². The van der Waals surface area contributed by atoms with Crippen LogP contribution in [0.4, 0.5) is 0 Å². The number of para-hydroxylation sites is 1. The van der Waals surface area contributed by atoms with Gasteiger partial charge in [-0.25, -0.2) is 5.10 Å². The first kappa shape index (κ1) is 15.6. The second kappa shape index (κ2) is 6.89. The van der Waals surface area contributed by atoms with Crippen LogP contribution in [0, 0.1) is 18.6 Å². The lowest BCUT2D eigenvalue weighted by Gasteiger charge is -2.11. The molecule has 0 radical (unpaired) electrons. The SMILES string of the molecule is Cc1cccc(C)c1OCc1n[nH]c(=S)n1/N=C\c1ccsc1. The summed E-state index contributed by atoms with van der Waals surface area (Å²) in [5, 5.41) is 15.4. The molecule has 0 spiro atoms. The van der Waals surface area contributed by atoms with Gasteiger partial charge in [-0.05, 0) is 54.0 Å². The maximum Gasteiger partial charge on any atom is 0.216 e. The van der Waals surface area contributed by atoms with E-state index in [4.69, 9.17) is 17.0 Å². The lowest BCUT2D eigenvalue weighted by atomic mass is 10.1. The van der Waals surface area contributed by atoms with Crippen LogP contribution in [0.15, 0.2) is 40.1 Å². The van der Waals surface area contributed by atoms with E-state index in [0.29, 0.717) is 17.2 Å². The van der Waals surface area contributed by atoms with Crippen LogP contribution in [-0.4, -0.2) is 21.1 Å². The Bertz CT molecular complexity index is 858. The number of aryl methyl sites for hydroxylation is 2. The van der Waals surface area contributed by atoms with Gasteiger partial charge in [0.15, 0.2) is 5.82 Å². The highest BCUT2D eigenvalue weighted by molar-refractivity contribution is 7.71. The van der Waals surface area contributed by atoms with E-state index in [1.807, 2.05) is 48.9 Å². The van der Waals surface area contributed by atoms with Crippen LogP contribution in [0.1, 0.15) is 22.5 Å². The largest absolute Gasteiger partial charge is 0.485 e. The highest BCUT2D eigenvalue weighted by Crippen LogP contribution is 2.23. The molecule has 7 heteroatoms. The maximum atomic E-state index is 5.92. The molecule has 1 N–H and O–H groups in total. The molecule has 118 valence electrons. The minimum absolute atomic E-state index is 0.291. The Morgan fingerprint density at radius 2 is 2.13 bits per heavy atom. The smallest absolute Gasteiger partial charge is 0.216 e. The van der Waals surface area contributed by atoms with Gasteiger partial charge in [-0.3, -0.25) is 0 Å². The molecule has 0 saturated carbocycles. The first-order chi connectivity index (χ1) is 11.1. The molecule has 1 aromatic carbocycles. The molecule has 0 amide bonds. The summed E-state index contributed by atoms with van der Waals surface area (Å²) in [5.74, 6) is 1.50. The zero-order valence-electron chi connectivity index (χ0n) is 12.8. The van der Waals surface area contributed by atoms with Crippen LogP contribution in [0.5, 0.6) is 5.75 Å². The number of nitrogens with zero attached hydrogens (tertiary/aromatic N) is 3. The van der Waals surface area contributed by atoms with E-state index in [9.17, 15) is 0 Å². The molecule has 2 heterocycles. The van der Waals surface area contributed by atoms with Crippen molar-refractivity contribution >= 4 is 29.8 Å². The summed E-state index contributed by atoms with van der Waals surface area (Å²) in [6.07, 6.45) is 1.75. The Morgan fingerprint density at radius 3 is 2.83 bits per heavy atom. The predicted molar refractivity (Wildman–Crippen MR) is 95.0 cm³/mol. The summed E-state index contributed by atoms with van der Waals surface area (Å²) < 4.78 is 7.95. The maximum absolute atomic E-state index is 5.92. The normalized spacial score (nSPS) is 11.2. The number of hydrogen-bond donors (Lipinski definition) is 1. The third kappa shape index (κ3) is 3.57. The number of benzene rings is 1. The molecule has 3 aromatic rings. The number of rotatable bonds is 5. The van der Waals surface area contributed by atoms with Gasteiger partial charge < -0.3 is 4.74 Å². The number of aromatic nitrogens is 3. The molecule has 0 aliphatic rings. The van der Waals surface area contributed by atoms with Gasteiger partial charge in [0.05, 0.1) is 6.21 Å². The van der Waals surface area contributed by atoms with Crippen LogP contribution in [0.3, 0.4) is 0 Å². The molecule has 23 heavy (non-hydrogen) atoms. The van der Waals surface area contributed by atoms with Crippen LogP contribution >= 0.6 is 23.6 Å². The highest BCUT2D eigenvalue weighted by atomic mass is 32.1.